The van der Waals surface area contributed by atoms with Gasteiger partial charge >= 0.3 is 0 Å². The second-order valence-corrected chi connectivity index (χ2v) is 8.05. The number of aromatic nitrogens is 1. The van der Waals surface area contributed by atoms with Crippen LogP contribution in [0.4, 0.5) is 0 Å². The smallest absolute Gasteiger partial charge is 0.0936 e. The lowest BCUT2D eigenvalue weighted by atomic mass is 9.76. The highest BCUT2D eigenvalue weighted by atomic mass is 32.1. The maximum absolute atomic E-state index is 4.71. The van der Waals surface area contributed by atoms with Crippen LogP contribution >= 0.6 is 11.3 Å². The van der Waals surface area contributed by atoms with Gasteiger partial charge < -0.3 is 5.32 Å². The van der Waals surface area contributed by atoms with E-state index in [2.05, 4.69) is 53.8 Å². The summed E-state index contributed by atoms with van der Waals surface area (Å²) in [5.41, 5.74) is 1.48. The minimum atomic E-state index is 0.283. The van der Waals surface area contributed by atoms with Gasteiger partial charge in [0.15, 0.2) is 0 Å². The fourth-order valence-electron chi connectivity index (χ4n) is 2.08. The molecular formula is C16H30N2S. The normalized spacial score (nSPS) is 15.2. The predicted octanol–water partition coefficient (Wildman–Crippen LogP) is 4.21. The second-order valence-electron chi connectivity index (χ2n) is 6.76. The first kappa shape index (κ1) is 16.6. The molecule has 0 aromatic carbocycles. The molecule has 2 nitrogen and oxygen atoms in total. The van der Waals surface area contributed by atoms with Crippen molar-refractivity contribution < 1.29 is 0 Å². The number of nitrogens with one attached hydrogen (secondary N) is 1. The molecule has 0 fully saturated rings. The summed E-state index contributed by atoms with van der Waals surface area (Å²) in [5, 5.41) is 4.91. The standard InChI is InChI=1S/C16H30N2S/c1-11(2)9-17-10-16(7,12(3)4)8-15-18-13(5)14(6)19-15/h11-12,17H,8-10H2,1-7H3. The molecule has 0 aliphatic rings. The van der Waals surface area contributed by atoms with E-state index < -0.39 is 0 Å². The van der Waals surface area contributed by atoms with Gasteiger partial charge in [-0.05, 0) is 37.6 Å². The lowest BCUT2D eigenvalue weighted by molar-refractivity contribution is 0.204. The molecule has 0 aliphatic heterocycles. The van der Waals surface area contributed by atoms with Crippen molar-refractivity contribution in [1.29, 1.82) is 0 Å². The van der Waals surface area contributed by atoms with E-state index in [1.165, 1.54) is 15.6 Å². The van der Waals surface area contributed by atoms with Crippen LogP contribution in [0.3, 0.4) is 0 Å². The monoisotopic (exact) mass is 282 g/mol. The highest BCUT2D eigenvalue weighted by Crippen LogP contribution is 2.32. The van der Waals surface area contributed by atoms with Gasteiger partial charge in [-0.2, -0.15) is 0 Å². The summed E-state index contributed by atoms with van der Waals surface area (Å²) < 4.78 is 0. The number of aryl methyl sites for hydroxylation is 2. The number of rotatable bonds is 7. The maximum atomic E-state index is 4.71. The van der Waals surface area contributed by atoms with Crippen LogP contribution in [-0.2, 0) is 6.42 Å². The van der Waals surface area contributed by atoms with E-state index in [0.717, 1.165) is 19.5 Å². The molecule has 0 saturated heterocycles. The van der Waals surface area contributed by atoms with Crippen LogP contribution < -0.4 is 5.32 Å². The Kier molecular flexibility index (Phi) is 6.00. The number of thiazole rings is 1. The fourth-order valence-corrected chi connectivity index (χ4v) is 3.21. The van der Waals surface area contributed by atoms with E-state index in [1.54, 1.807) is 0 Å². The van der Waals surface area contributed by atoms with E-state index in [9.17, 15) is 0 Å². The molecule has 19 heavy (non-hydrogen) atoms. The molecule has 1 heterocycles. The van der Waals surface area contributed by atoms with Crippen LogP contribution in [0.25, 0.3) is 0 Å². The summed E-state index contributed by atoms with van der Waals surface area (Å²) in [4.78, 5) is 6.07. The number of hydrogen-bond donors (Lipinski definition) is 1. The summed E-state index contributed by atoms with van der Waals surface area (Å²) in [6, 6.07) is 0. The lowest BCUT2D eigenvalue weighted by Gasteiger charge is -2.34. The maximum Gasteiger partial charge on any atom is 0.0936 e. The van der Waals surface area contributed by atoms with Crippen molar-refractivity contribution in [3.05, 3.63) is 15.6 Å². The highest BCUT2D eigenvalue weighted by molar-refractivity contribution is 7.11. The van der Waals surface area contributed by atoms with Crippen LogP contribution in [-0.4, -0.2) is 18.1 Å². The molecule has 0 radical (unpaired) electrons. The van der Waals surface area contributed by atoms with Crippen LogP contribution in [0.1, 0.15) is 50.2 Å². The third-order valence-corrected chi connectivity index (χ3v) is 5.18. The Labute approximate surface area is 123 Å². The minimum absolute atomic E-state index is 0.283. The molecule has 3 heteroatoms. The zero-order valence-electron chi connectivity index (χ0n) is 13.6. The fraction of sp³-hybridized carbons (Fsp3) is 0.812. The first-order valence-electron chi connectivity index (χ1n) is 7.38. The SMILES string of the molecule is Cc1nc(CC(C)(CNCC(C)C)C(C)C)sc1C. The van der Waals surface area contributed by atoms with Crippen molar-refractivity contribution in [2.24, 2.45) is 17.3 Å². The quantitative estimate of drug-likeness (QED) is 0.810. The van der Waals surface area contributed by atoms with Gasteiger partial charge in [-0.1, -0.05) is 34.6 Å². The molecule has 110 valence electrons. The molecule has 0 spiro atoms. The van der Waals surface area contributed by atoms with E-state index in [1.807, 2.05) is 11.3 Å². The topological polar surface area (TPSA) is 24.9 Å². The van der Waals surface area contributed by atoms with Crippen molar-refractivity contribution in [1.82, 2.24) is 10.3 Å². The Morgan fingerprint density at radius 1 is 1.21 bits per heavy atom. The Morgan fingerprint density at radius 3 is 2.26 bits per heavy atom. The van der Waals surface area contributed by atoms with Crippen molar-refractivity contribution in [2.45, 2.75) is 54.9 Å². The molecule has 0 aliphatic carbocycles. The van der Waals surface area contributed by atoms with Crippen molar-refractivity contribution >= 4 is 11.3 Å². The van der Waals surface area contributed by atoms with Crippen molar-refractivity contribution in [3.8, 4) is 0 Å². The first-order valence-corrected chi connectivity index (χ1v) is 8.20. The predicted molar refractivity (Wildman–Crippen MR) is 85.9 cm³/mol. The first-order chi connectivity index (χ1) is 8.74. The Morgan fingerprint density at radius 2 is 1.84 bits per heavy atom. The number of nitrogens with zero attached hydrogens (tertiary/aromatic N) is 1. The van der Waals surface area contributed by atoms with Crippen LogP contribution in [0.5, 0.6) is 0 Å². The van der Waals surface area contributed by atoms with Gasteiger partial charge in [0, 0.05) is 17.8 Å². The van der Waals surface area contributed by atoms with Gasteiger partial charge in [0.2, 0.25) is 0 Å². The summed E-state index contributed by atoms with van der Waals surface area (Å²) in [6.45, 7) is 18.0. The molecule has 1 aromatic heterocycles. The summed E-state index contributed by atoms with van der Waals surface area (Å²) in [6.07, 6.45) is 1.08. The van der Waals surface area contributed by atoms with Gasteiger partial charge in [-0.25, -0.2) is 4.98 Å². The largest absolute Gasteiger partial charge is 0.316 e. The van der Waals surface area contributed by atoms with Crippen LogP contribution in [0, 0.1) is 31.1 Å². The zero-order chi connectivity index (χ0) is 14.6. The third kappa shape index (κ3) is 4.88. The average molecular weight is 282 g/mol. The minimum Gasteiger partial charge on any atom is -0.316 e. The Hall–Kier alpha value is -0.410. The molecule has 0 amide bonds. The highest BCUT2D eigenvalue weighted by Gasteiger charge is 2.29. The molecule has 1 atom stereocenters. The Balaban J connectivity index is 2.70. The molecule has 1 aromatic rings. The molecule has 1 rings (SSSR count). The molecular weight excluding hydrogens is 252 g/mol. The van der Waals surface area contributed by atoms with E-state index in [4.69, 9.17) is 4.98 Å². The molecule has 0 bridgehead atoms. The van der Waals surface area contributed by atoms with Gasteiger partial charge in [0.1, 0.15) is 0 Å². The zero-order valence-corrected chi connectivity index (χ0v) is 14.4. The van der Waals surface area contributed by atoms with Crippen molar-refractivity contribution in [2.75, 3.05) is 13.1 Å². The average Bonchev–Trinajstić information content (AvgIpc) is 2.56. The second kappa shape index (κ2) is 6.85. The number of hydrogen-bond acceptors (Lipinski definition) is 3. The van der Waals surface area contributed by atoms with E-state index in [0.29, 0.717) is 11.8 Å². The van der Waals surface area contributed by atoms with E-state index in [-0.39, 0.29) is 5.41 Å². The van der Waals surface area contributed by atoms with Gasteiger partial charge in [-0.15, -0.1) is 11.3 Å². The summed E-state index contributed by atoms with van der Waals surface area (Å²) in [5.74, 6) is 1.36. The lowest BCUT2D eigenvalue weighted by Crippen LogP contribution is -2.39. The summed E-state index contributed by atoms with van der Waals surface area (Å²) in [7, 11) is 0. The summed E-state index contributed by atoms with van der Waals surface area (Å²) >= 11 is 1.86. The third-order valence-electron chi connectivity index (χ3n) is 4.10. The molecule has 0 saturated carbocycles. The van der Waals surface area contributed by atoms with Gasteiger partial charge in [0.25, 0.3) is 0 Å². The van der Waals surface area contributed by atoms with Gasteiger partial charge in [-0.3, -0.25) is 0 Å². The van der Waals surface area contributed by atoms with Crippen LogP contribution in [0.2, 0.25) is 0 Å². The van der Waals surface area contributed by atoms with Gasteiger partial charge in [0.05, 0.1) is 10.7 Å². The van der Waals surface area contributed by atoms with Crippen LogP contribution in [0.15, 0.2) is 0 Å². The molecule has 1 unspecified atom stereocenters. The Bertz CT molecular complexity index is 376. The van der Waals surface area contributed by atoms with Crippen molar-refractivity contribution in [3.63, 3.8) is 0 Å². The van der Waals surface area contributed by atoms with E-state index >= 15 is 0 Å². The molecule has 1 N–H and O–H groups in total.